The third kappa shape index (κ3) is 6.16. The van der Waals surface area contributed by atoms with Gasteiger partial charge in [-0.25, -0.2) is 13.8 Å². The van der Waals surface area contributed by atoms with Gasteiger partial charge in [0.05, 0.1) is 17.3 Å². The molecule has 3 aromatic rings. The van der Waals surface area contributed by atoms with Crippen LogP contribution in [0.4, 0.5) is 27.8 Å². The number of aliphatic imine (C=N–C) groups is 1. The molecule has 0 radical (unpaired) electrons. The lowest BCUT2D eigenvalue weighted by atomic mass is 9.95. The van der Waals surface area contributed by atoms with Gasteiger partial charge in [0, 0.05) is 38.8 Å². The number of pyridine rings is 1. The van der Waals surface area contributed by atoms with Crippen molar-refractivity contribution in [3.63, 3.8) is 0 Å². The highest BCUT2D eigenvalue weighted by atomic mass is 19.4. The number of carbonyl (C=O) groups is 1. The zero-order valence-corrected chi connectivity index (χ0v) is 20.8. The molecule has 2 aliphatic rings. The fraction of sp³-hybridized carbons (Fsp3) is 0.276. The van der Waals surface area contributed by atoms with E-state index in [4.69, 9.17) is 4.99 Å². The Hall–Kier alpha value is -4.08. The lowest BCUT2D eigenvalue weighted by Crippen LogP contribution is -2.49. The van der Waals surface area contributed by atoms with E-state index >= 15 is 0 Å². The average Bonchev–Trinajstić information content (AvgIpc) is 3.36. The Labute approximate surface area is 222 Å². The predicted molar refractivity (Wildman–Crippen MR) is 138 cm³/mol. The summed E-state index contributed by atoms with van der Waals surface area (Å²) in [7, 11) is 0. The van der Waals surface area contributed by atoms with Crippen molar-refractivity contribution in [1.82, 2.24) is 9.88 Å². The number of aromatic nitrogens is 1. The number of amides is 1. The summed E-state index contributed by atoms with van der Waals surface area (Å²) in [4.78, 5) is 25.3. The molecule has 0 spiro atoms. The molecule has 1 saturated heterocycles. The second kappa shape index (κ2) is 11.0. The molecular formula is C29H25F5N4O. The van der Waals surface area contributed by atoms with E-state index in [0.29, 0.717) is 38.3 Å². The second-order valence-corrected chi connectivity index (χ2v) is 9.45. The Bertz CT molecular complexity index is 1390. The molecule has 5 nitrogen and oxygen atoms in total. The molecule has 2 aliphatic heterocycles. The van der Waals surface area contributed by atoms with E-state index in [0.717, 1.165) is 35.0 Å². The van der Waals surface area contributed by atoms with Crippen molar-refractivity contribution in [2.75, 3.05) is 31.1 Å². The number of hydrogen-bond acceptors (Lipinski definition) is 4. The molecule has 0 aliphatic carbocycles. The Morgan fingerprint density at radius 2 is 1.49 bits per heavy atom. The van der Waals surface area contributed by atoms with E-state index in [1.54, 1.807) is 34.1 Å². The van der Waals surface area contributed by atoms with Gasteiger partial charge in [-0.2, -0.15) is 13.2 Å². The Kier molecular flexibility index (Phi) is 7.45. The average molecular weight is 541 g/mol. The molecule has 0 saturated carbocycles. The van der Waals surface area contributed by atoms with Crippen molar-refractivity contribution >= 4 is 23.0 Å². The third-order valence-corrected chi connectivity index (χ3v) is 6.92. The predicted octanol–water partition coefficient (Wildman–Crippen LogP) is 5.76. The van der Waals surface area contributed by atoms with E-state index in [2.05, 4.69) is 4.98 Å². The molecule has 39 heavy (non-hydrogen) atoms. The highest BCUT2D eigenvalue weighted by Gasteiger charge is 2.32. The zero-order chi connectivity index (χ0) is 27.6. The van der Waals surface area contributed by atoms with Crippen LogP contribution in [0.3, 0.4) is 0 Å². The van der Waals surface area contributed by atoms with Crippen LogP contribution in [0, 0.1) is 11.6 Å². The van der Waals surface area contributed by atoms with E-state index in [1.807, 2.05) is 6.08 Å². The van der Waals surface area contributed by atoms with Gasteiger partial charge in [0.1, 0.15) is 17.5 Å². The summed E-state index contributed by atoms with van der Waals surface area (Å²) < 4.78 is 66.1. The van der Waals surface area contributed by atoms with Crippen molar-refractivity contribution in [3.8, 4) is 0 Å². The summed E-state index contributed by atoms with van der Waals surface area (Å²) in [5, 5.41) is 0. The Morgan fingerprint density at radius 1 is 0.872 bits per heavy atom. The van der Waals surface area contributed by atoms with Crippen LogP contribution in [0.5, 0.6) is 0 Å². The molecule has 3 heterocycles. The lowest BCUT2D eigenvalue weighted by molar-refractivity contribution is -0.137. The highest BCUT2D eigenvalue weighted by Crippen LogP contribution is 2.32. The molecule has 5 rings (SSSR count). The van der Waals surface area contributed by atoms with Crippen molar-refractivity contribution in [1.29, 1.82) is 0 Å². The number of halogens is 5. The smallest absolute Gasteiger partial charge is 0.353 e. The van der Waals surface area contributed by atoms with Crippen LogP contribution in [0.2, 0.25) is 0 Å². The first-order valence-corrected chi connectivity index (χ1v) is 12.5. The van der Waals surface area contributed by atoms with E-state index in [-0.39, 0.29) is 35.8 Å². The van der Waals surface area contributed by atoms with Crippen LogP contribution < -0.4 is 4.90 Å². The number of hydrogen-bond donors (Lipinski definition) is 0. The largest absolute Gasteiger partial charge is 0.416 e. The number of piperazine rings is 1. The molecule has 10 heteroatoms. The molecule has 202 valence electrons. The molecule has 1 fully saturated rings. The maximum Gasteiger partial charge on any atom is 0.416 e. The zero-order valence-electron chi connectivity index (χ0n) is 20.8. The summed E-state index contributed by atoms with van der Waals surface area (Å²) in [6, 6.07) is 13.7. The van der Waals surface area contributed by atoms with Crippen molar-refractivity contribution < 1.29 is 26.7 Å². The van der Waals surface area contributed by atoms with Gasteiger partial charge >= 0.3 is 6.18 Å². The highest BCUT2D eigenvalue weighted by molar-refractivity contribution is 6.15. The minimum atomic E-state index is -4.45. The minimum absolute atomic E-state index is 0.0736. The normalized spacial score (nSPS) is 17.7. The van der Waals surface area contributed by atoms with Crippen LogP contribution in [0.25, 0.3) is 5.57 Å². The summed E-state index contributed by atoms with van der Waals surface area (Å²) >= 11 is 0. The van der Waals surface area contributed by atoms with Crippen LogP contribution in [0.1, 0.15) is 29.5 Å². The SMILES string of the molecule is O=C(CCC1N=C(c2ccc(F)cc2)C=C1c1ccc(F)cc1)N1CCN(c2cc(C(F)(F)F)ccn2)CC1. The Morgan fingerprint density at radius 3 is 2.10 bits per heavy atom. The third-order valence-electron chi connectivity index (χ3n) is 6.92. The lowest BCUT2D eigenvalue weighted by Gasteiger charge is -2.35. The first-order chi connectivity index (χ1) is 18.7. The molecule has 1 atom stereocenters. The first-order valence-electron chi connectivity index (χ1n) is 12.5. The number of carbonyl (C=O) groups excluding carboxylic acids is 1. The number of anilines is 1. The van der Waals surface area contributed by atoms with Gasteiger partial charge in [-0.3, -0.25) is 9.79 Å². The molecule has 1 amide bonds. The second-order valence-electron chi connectivity index (χ2n) is 9.45. The van der Waals surface area contributed by atoms with E-state index < -0.39 is 11.7 Å². The quantitative estimate of drug-likeness (QED) is 0.374. The summed E-state index contributed by atoms with van der Waals surface area (Å²) in [6.07, 6.45) is -0.788. The maximum absolute atomic E-state index is 13.5. The van der Waals surface area contributed by atoms with Gasteiger partial charge in [0.2, 0.25) is 5.91 Å². The van der Waals surface area contributed by atoms with Gasteiger partial charge < -0.3 is 9.80 Å². The standard InChI is InChI=1S/C29H25F5N4O/c30-22-5-1-19(2-6-22)24-18-26(20-3-7-23(31)8-4-20)36-25(24)9-10-28(39)38-15-13-37(14-16-38)27-17-21(11-12-35-27)29(32,33)34/h1-8,11-12,17-18,25H,9-10,13-16H2. The van der Waals surface area contributed by atoms with Gasteiger partial charge in [-0.15, -0.1) is 0 Å². The maximum atomic E-state index is 13.5. The van der Waals surface area contributed by atoms with Crippen LogP contribution >= 0.6 is 0 Å². The molecule has 2 aromatic carbocycles. The van der Waals surface area contributed by atoms with Crippen molar-refractivity contribution in [2.45, 2.75) is 25.1 Å². The van der Waals surface area contributed by atoms with E-state index in [9.17, 15) is 26.7 Å². The number of nitrogens with zero attached hydrogens (tertiary/aromatic N) is 4. The summed E-state index contributed by atoms with van der Waals surface area (Å²) in [5.41, 5.74) is 2.28. The molecule has 0 bridgehead atoms. The van der Waals surface area contributed by atoms with Gasteiger partial charge in [0.15, 0.2) is 0 Å². The van der Waals surface area contributed by atoms with Gasteiger partial charge in [0.25, 0.3) is 0 Å². The topological polar surface area (TPSA) is 48.8 Å². The molecular weight excluding hydrogens is 515 g/mol. The number of rotatable bonds is 6. The fourth-order valence-corrected chi connectivity index (χ4v) is 4.81. The van der Waals surface area contributed by atoms with Crippen molar-refractivity contribution in [3.05, 3.63) is 101 Å². The number of alkyl halides is 3. The van der Waals surface area contributed by atoms with Crippen molar-refractivity contribution in [2.24, 2.45) is 4.99 Å². The van der Waals surface area contributed by atoms with Crippen LogP contribution in [0.15, 0.2) is 77.9 Å². The monoisotopic (exact) mass is 540 g/mol. The van der Waals surface area contributed by atoms with Crippen LogP contribution in [-0.4, -0.2) is 53.7 Å². The number of benzene rings is 2. The molecule has 0 N–H and O–H groups in total. The number of allylic oxidation sites excluding steroid dienone is 1. The van der Waals surface area contributed by atoms with Gasteiger partial charge in [-0.1, -0.05) is 12.1 Å². The molecule has 1 unspecified atom stereocenters. The fourth-order valence-electron chi connectivity index (χ4n) is 4.81. The summed E-state index contributed by atoms with van der Waals surface area (Å²) in [6.45, 7) is 1.48. The van der Waals surface area contributed by atoms with Crippen LogP contribution in [-0.2, 0) is 11.0 Å². The van der Waals surface area contributed by atoms with E-state index in [1.165, 1.54) is 24.3 Å². The molecule has 1 aromatic heterocycles. The van der Waals surface area contributed by atoms with Gasteiger partial charge in [-0.05, 0) is 77.7 Å². The summed E-state index contributed by atoms with van der Waals surface area (Å²) in [5.74, 6) is -0.551. The Balaban J connectivity index is 1.23. The minimum Gasteiger partial charge on any atom is -0.353 e. The first kappa shape index (κ1) is 26.5.